The summed E-state index contributed by atoms with van der Waals surface area (Å²) in [5.74, 6) is -0.565. The molecule has 0 aromatic carbocycles. The van der Waals surface area contributed by atoms with Gasteiger partial charge in [-0.2, -0.15) is 0 Å². The van der Waals surface area contributed by atoms with E-state index in [2.05, 4.69) is 160 Å². The molecule has 0 radical (unpaired) electrons. The highest BCUT2D eigenvalue weighted by molar-refractivity contribution is 7.45. The second-order valence-corrected chi connectivity index (χ2v) is 27.1. The van der Waals surface area contributed by atoms with Crippen molar-refractivity contribution >= 4 is 19.7 Å². The highest BCUT2D eigenvalue weighted by Crippen LogP contribution is 2.38. The maximum absolute atomic E-state index is 13.6. The summed E-state index contributed by atoms with van der Waals surface area (Å²) in [6, 6.07) is -0.910. The van der Waals surface area contributed by atoms with Crippen LogP contribution in [0.3, 0.4) is 0 Å². The smallest absolute Gasteiger partial charge is 0.306 e. The third kappa shape index (κ3) is 70.1. The number of ether oxygens (including phenoxy) is 1. The van der Waals surface area contributed by atoms with Gasteiger partial charge in [0.2, 0.25) is 5.91 Å². The maximum Gasteiger partial charge on any atom is 0.306 e. The normalized spacial score (nSPS) is 14.3. The number of hydrogen-bond donors (Lipinski definition) is 1. The van der Waals surface area contributed by atoms with Crippen LogP contribution in [0, 0.1) is 0 Å². The number of likely N-dealkylation sites (N-methyl/N-ethyl adjacent to an activating group) is 1. The SMILES string of the molecule is CC/C=C\C/C=C\C/C=C\C/C=C\C/C=C\C/C=C\CCCCCCCCC(=O)NC(COP(=O)([O-])OCC[N+](C)(C)C)C(/C=C/CCCCCCCCCCCCC)OC(=O)CCCCCCCCCCCCC/C=C\C/C=C\C/C=C\C/C=C\C/C=C\CC. The summed E-state index contributed by atoms with van der Waals surface area (Å²) in [5.41, 5.74) is 0. The Morgan fingerprint density at radius 1 is 0.396 bits per heavy atom. The van der Waals surface area contributed by atoms with Crippen LogP contribution in [0.1, 0.15) is 303 Å². The van der Waals surface area contributed by atoms with Gasteiger partial charge in [-0.25, -0.2) is 0 Å². The summed E-state index contributed by atoms with van der Waals surface area (Å²) in [6.07, 6.45) is 99.7. The second-order valence-electron chi connectivity index (χ2n) is 25.7. The highest BCUT2D eigenvalue weighted by atomic mass is 31.2. The van der Waals surface area contributed by atoms with Gasteiger partial charge < -0.3 is 28.5 Å². The molecule has 0 bridgehead atoms. The monoisotopic (exact) mass is 1280 g/mol. The van der Waals surface area contributed by atoms with Crippen LogP contribution in [-0.2, 0) is 27.9 Å². The highest BCUT2D eigenvalue weighted by Gasteiger charge is 2.27. The lowest BCUT2D eigenvalue weighted by Gasteiger charge is -2.30. The van der Waals surface area contributed by atoms with Gasteiger partial charge in [-0.05, 0) is 128 Å². The van der Waals surface area contributed by atoms with Gasteiger partial charge in [0, 0.05) is 12.8 Å². The van der Waals surface area contributed by atoms with Crippen LogP contribution in [0.15, 0.2) is 146 Å². The number of quaternary nitrogens is 1. The predicted molar refractivity (Wildman–Crippen MR) is 394 cm³/mol. The van der Waals surface area contributed by atoms with Crippen molar-refractivity contribution in [1.29, 1.82) is 0 Å². The lowest BCUT2D eigenvalue weighted by Crippen LogP contribution is -2.47. The molecule has 0 heterocycles. The Morgan fingerprint density at radius 2 is 0.703 bits per heavy atom. The van der Waals surface area contributed by atoms with Crippen LogP contribution < -0.4 is 10.2 Å². The third-order valence-corrected chi connectivity index (χ3v) is 16.7. The van der Waals surface area contributed by atoms with E-state index in [0.29, 0.717) is 23.9 Å². The van der Waals surface area contributed by atoms with E-state index in [1.807, 2.05) is 33.3 Å². The van der Waals surface area contributed by atoms with Crippen molar-refractivity contribution in [2.75, 3.05) is 40.9 Å². The largest absolute Gasteiger partial charge is 0.756 e. The van der Waals surface area contributed by atoms with Gasteiger partial charge in [0.05, 0.1) is 33.8 Å². The zero-order chi connectivity index (χ0) is 66.3. The van der Waals surface area contributed by atoms with E-state index < -0.39 is 26.6 Å². The van der Waals surface area contributed by atoms with Gasteiger partial charge in [0.25, 0.3) is 7.82 Å². The quantitative estimate of drug-likeness (QED) is 0.0212. The summed E-state index contributed by atoms with van der Waals surface area (Å²) in [4.78, 5) is 40.3. The van der Waals surface area contributed by atoms with Gasteiger partial charge in [-0.1, -0.05) is 308 Å². The lowest BCUT2D eigenvalue weighted by molar-refractivity contribution is -0.870. The molecule has 0 aromatic heterocycles. The fourth-order valence-electron chi connectivity index (χ4n) is 10.1. The van der Waals surface area contributed by atoms with Crippen LogP contribution in [0.4, 0.5) is 0 Å². The molecule has 0 aromatic rings. The summed E-state index contributed by atoms with van der Waals surface area (Å²) in [5, 5.41) is 3.04. The summed E-state index contributed by atoms with van der Waals surface area (Å²) >= 11 is 0. The average molecular weight is 1280 g/mol. The topological polar surface area (TPSA) is 114 Å². The minimum Gasteiger partial charge on any atom is -0.756 e. The maximum atomic E-state index is 13.6. The standard InChI is InChI=1S/C81H139N2O7P/c1-7-10-13-16-19-22-25-28-30-32-34-36-38-40-41-43-45-47-49-51-53-56-59-62-65-68-71-74-81(85)90-79(72-69-66-63-60-57-54-27-24-21-18-15-12-9-3)78(77-89-91(86,87)88-76-75-83(4,5)6)82-80(84)73-70-67-64-61-58-55-52-50-48-46-44-42-39-37-35-33-31-29-26-23-20-17-14-11-8-2/h10-11,13-14,19-20,22-23,28-31,34-37,40-42,44,48,50,69,72,78-79H,7-9,12,15-18,21,24-27,32-33,38-39,43,45-47,49,51-68,70-71,73-77H2,1-6H3,(H-,82,84,86,87)/b13-10-,14-11-,22-19-,23-20-,30-28-,31-29-,36-34-,37-35-,41-40-,44-42-,50-48-,72-69+. The molecule has 3 unspecified atom stereocenters. The van der Waals surface area contributed by atoms with E-state index >= 15 is 0 Å². The van der Waals surface area contributed by atoms with Crippen LogP contribution in [0.2, 0.25) is 0 Å². The van der Waals surface area contributed by atoms with Crippen LogP contribution in [0.25, 0.3) is 0 Å². The number of nitrogens with zero attached hydrogens (tertiary/aromatic N) is 1. The molecule has 0 aliphatic carbocycles. The molecular formula is C81H139N2O7P. The molecule has 10 heteroatoms. The molecule has 1 N–H and O–H groups in total. The first-order valence-electron chi connectivity index (χ1n) is 37.1. The molecule has 0 spiro atoms. The number of hydrogen-bond acceptors (Lipinski definition) is 7. The Labute approximate surface area is 561 Å². The van der Waals surface area contributed by atoms with E-state index in [1.54, 1.807) is 0 Å². The number of esters is 1. The van der Waals surface area contributed by atoms with E-state index in [-0.39, 0.29) is 24.9 Å². The molecule has 0 aliphatic heterocycles. The summed E-state index contributed by atoms with van der Waals surface area (Å²) in [7, 11) is 1.16. The zero-order valence-electron chi connectivity index (χ0n) is 59.5. The number of unbranched alkanes of at least 4 members (excludes halogenated alkanes) is 28. The second kappa shape index (κ2) is 68.7. The van der Waals surface area contributed by atoms with Crippen molar-refractivity contribution in [2.45, 2.75) is 315 Å². The number of nitrogens with one attached hydrogen (secondary N) is 1. The van der Waals surface area contributed by atoms with Crippen LogP contribution >= 0.6 is 7.82 Å². The van der Waals surface area contributed by atoms with Crippen LogP contribution in [0.5, 0.6) is 0 Å². The Morgan fingerprint density at radius 3 is 1.05 bits per heavy atom. The van der Waals surface area contributed by atoms with E-state index in [0.717, 1.165) is 161 Å². The van der Waals surface area contributed by atoms with E-state index in [1.165, 1.54) is 103 Å². The Kier molecular flexibility index (Phi) is 65.6. The summed E-state index contributed by atoms with van der Waals surface area (Å²) < 4.78 is 30.5. The number of allylic oxidation sites excluding steroid dienone is 23. The number of amides is 1. The number of carbonyl (C=O) groups excluding carboxylic acids is 2. The van der Waals surface area contributed by atoms with Gasteiger partial charge >= 0.3 is 5.97 Å². The third-order valence-electron chi connectivity index (χ3n) is 15.8. The number of carbonyl (C=O) groups is 2. The van der Waals surface area contributed by atoms with Crippen molar-refractivity contribution in [1.82, 2.24) is 5.32 Å². The van der Waals surface area contributed by atoms with Gasteiger partial charge in [-0.3, -0.25) is 14.2 Å². The minimum atomic E-state index is -4.72. The fraction of sp³-hybridized carbons (Fsp3) is 0.679. The van der Waals surface area contributed by atoms with Crippen molar-refractivity contribution in [3.8, 4) is 0 Å². The Bertz CT molecular complexity index is 2070. The predicted octanol–water partition coefficient (Wildman–Crippen LogP) is 23.5. The minimum absolute atomic E-state index is 0.0332. The van der Waals surface area contributed by atoms with Crippen LogP contribution in [-0.4, -0.2) is 69.4 Å². The van der Waals surface area contributed by atoms with E-state index in [4.69, 9.17) is 13.8 Å². The van der Waals surface area contributed by atoms with E-state index in [9.17, 15) is 19.0 Å². The number of rotatable bonds is 66. The summed E-state index contributed by atoms with van der Waals surface area (Å²) in [6.45, 7) is 6.61. The first-order chi connectivity index (χ1) is 44.4. The molecular weight excluding hydrogens is 1140 g/mol. The number of phosphoric acid groups is 1. The molecule has 0 saturated carbocycles. The molecule has 3 atom stereocenters. The molecule has 9 nitrogen and oxygen atoms in total. The van der Waals surface area contributed by atoms with Crippen molar-refractivity contribution in [3.63, 3.8) is 0 Å². The van der Waals surface area contributed by atoms with Gasteiger partial charge in [0.15, 0.2) is 0 Å². The molecule has 520 valence electrons. The molecule has 0 saturated heterocycles. The van der Waals surface area contributed by atoms with Crippen molar-refractivity contribution < 1.29 is 37.3 Å². The fourth-order valence-corrected chi connectivity index (χ4v) is 10.9. The Hall–Kier alpha value is -4.11. The first-order valence-corrected chi connectivity index (χ1v) is 38.6. The zero-order valence-corrected chi connectivity index (χ0v) is 60.4. The van der Waals surface area contributed by atoms with Gasteiger partial charge in [-0.15, -0.1) is 0 Å². The van der Waals surface area contributed by atoms with Crippen molar-refractivity contribution in [2.24, 2.45) is 0 Å². The first kappa shape index (κ1) is 86.9. The van der Waals surface area contributed by atoms with Crippen molar-refractivity contribution in [3.05, 3.63) is 146 Å². The lowest BCUT2D eigenvalue weighted by atomic mass is 10.0. The molecule has 0 fully saturated rings. The molecule has 0 aliphatic rings. The number of phosphoric ester groups is 1. The molecule has 91 heavy (non-hydrogen) atoms. The van der Waals surface area contributed by atoms with Gasteiger partial charge in [0.1, 0.15) is 19.3 Å². The molecule has 0 rings (SSSR count). The average Bonchev–Trinajstić information content (AvgIpc) is 3.73. The molecule has 1 amide bonds. The Balaban J connectivity index is 5.11.